The predicted octanol–water partition coefficient (Wildman–Crippen LogP) is 2.51. The molecule has 1 amide bonds. The molecule has 2 aromatic rings. The molecule has 0 saturated heterocycles. The van der Waals surface area contributed by atoms with Crippen LogP contribution in [0.2, 0.25) is 0 Å². The zero-order valence-electron chi connectivity index (χ0n) is 10.7. The summed E-state index contributed by atoms with van der Waals surface area (Å²) < 4.78 is 0. The molecule has 0 bridgehead atoms. The van der Waals surface area contributed by atoms with Gasteiger partial charge in [0, 0.05) is 17.7 Å². The molecule has 0 unspecified atom stereocenters. The van der Waals surface area contributed by atoms with Gasteiger partial charge in [-0.15, -0.1) is 0 Å². The number of nitrogens with zero attached hydrogens (tertiary/aromatic N) is 1. The molecule has 0 aliphatic carbocycles. The van der Waals surface area contributed by atoms with Crippen LogP contribution in [0.15, 0.2) is 54.6 Å². The van der Waals surface area contributed by atoms with Gasteiger partial charge in [-0.3, -0.25) is 4.79 Å². The lowest BCUT2D eigenvalue weighted by Crippen LogP contribution is -2.40. The van der Waals surface area contributed by atoms with Gasteiger partial charge >= 0.3 is 0 Å². The van der Waals surface area contributed by atoms with E-state index in [1.165, 1.54) is 4.90 Å². The number of aliphatic hydroxyl groups is 1. The number of rotatable bonds is 2. The quantitative estimate of drug-likeness (QED) is 0.893. The molecule has 0 saturated carbocycles. The maximum absolute atomic E-state index is 12.4. The number of amides is 1. The minimum absolute atomic E-state index is 0.121. The van der Waals surface area contributed by atoms with E-state index < -0.39 is 5.72 Å². The Morgan fingerprint density at radius 1 is 1.05 bits per heavy atom. The van der Waals surface area contributed by atoms with Gasteiger partial charge < -0.3 is 10.0 Å². The molecule has 96 valence electrons. The zero-order chi connectivity index (χ0) is 13.5. The summed E-state index contributed by atoms with van der Waals surface area (Å²) in [6, 6.07) is 16.9. The Morgan fingerprint density at radius 2 is 1.68 bits per heavy atom. The molecule has 0 spiro atoms. The molecule has 1 aliphatic heterocycles. The van der Waals surface area contributed by atoms with Crippen LogP contribution in [0.5, 0.6) is 0 Å². The summed E-state index contributed by atoms with van der Waals surface area (Å²) in [7, 11) is 0. The molecule has 0 radical (unpaired) electrons. The fourth-order valence-electron chi connectivity index (χ4n) is 2.56. The van der Waals surface area contributed by atoms with Crippen LogP contribution >= 0.6 is 0 Å². The van der Waals surface area contributed by atoms with E-state index in [2.05, 4.69) is 0 Å². The molecule has 3 rings (SSSR count). The lowest BCUT2D eigenvalue weighted by molar-refractivity contribution is -0.0727. The standard InChI is InChI=1S/C16H15NO2/c1-16(19)14-10-6-5-9-13(14)15(18)17(16)11-12-7-3-2-4-8-12/h2-10,19H,11H2,1H3/t16-/m1/s1. The van der Waals surface area contributed by atoms with Crippen molar-refractivity contribution in [3.63, 3.8) is 0 Å². The van der Waals surface area contributed by atoms with Crippen molar-refractivity contribution in [2.45, 2.75) is 19.2 Å². The van der Waals surface area contributed by atoms with Gasteiger partial charge in [0.1, 0.15) is 0 Å². The molecule has 3 heteroatoms. The Kier molecular flexibility index (Phi) is 2.64. The van der Waals surface area contributed by atoms with Crippen molar-refractivity contribution in [3.05, 3.63) is 71.3 Å². The van der Waals surface area contributed by atoms with E-state index in [0.717, 1.165) is 5.56 Å². The molecule has 1 aliphatic rings. The Hall–Kier alpha value is -2.13. The maximum Gasteiger partial charge on any atom is 0.257 e. The van der Waals surface area contributed by atoms with Crippen molar-refractivity contribution in [1.82, 2.24) is 4.90 Å². The number of carbonyl (C=O) groups excluding carboxylic acids is 1. The van der Waals surface area contributed by atoms with Crippen molar-refractivity contribution < 1.29 is 9.90 Å². The van der Waals surface area contributed by atoms with Crippen LogP contribution < -0.4 is 0 Å². The average molecular weight is 253 g/mol. The van der Waals surface area contributed by atoms with E-state index in [-0.39, 0.29) is 5.91 Å². The predicted molar refractivity (Wildman–Crippen MR) is 72.3 cm³/mol. The lowest BCUT2D eigenvalue weighted by Gasteiger charge is -2.30. The third-order valence-electron chi connectivity index (χ3n) is 3.62. The molecule has 1 N–H and O–H groups in total. The van der Waals surface area contributed by atoms with Gasteiger partial charge in [0.05, 0.1) is 0 Å². The van der Waals surface area contributed by atoms with Gasteiger partial charge in [-0.05, 0) is 18.6 Å². The van der Waals surface area contributed by atoms with Crippen LogP contribution in [-0.2, 0) is 12.3 Å². The summed E-state index contributed by atoms with van der Waals surface area (Å²) in [4.78, 5) is 13.9. The second-order valence-electron chi connectivity index (χ2n) is 4.94. The third-order valence-corrected chi connectivity index (χ3v) is 3.62. The Balaban J connectivity index is 1.99. The van der Waals surface area contributed by atoms with E-state index in [4.69, 9.17) is 0 Å². The zero-order valence-corrected chi connectivity index (χ0v) is 10.7. The highest BCUT2D eigenvalue weighted by Crippen LogP contribution is 2.37. The van der Waals surface area contributed by atoms with Gasteiger partial charge in [-0.1, -0.05) is 48.5 Å². The Morgan fingerprint density at radius 3 is 2.37 bits per heavy atom. The largest absolute Gasteiger partial charge is 0.367 e. The number of hydrogen-bond acceptors (Lipinski definition) is 2. The topological polar surface area (TPSA) is 40.5 Å². The first-order valence-corrected chi connectivity index (χ1v) is 6.28. The maximum atomic E-state index is 12.4. The summed E-state index contributed by atoms with van der Waals surface area (Å²) in [5.74, 6) is -0.121. The fourth-order valence-corrected chi connectivity index (χ4v) is 2.56. The highest BCUT2D eigenvalue weighted by atomic mass is 16.3. The molecular formula is C16H15NO2. The highest BCUT2D eigenvalue weighted by molar-refractivity contribution is 5.99. The van der Waals surface area contributed by atoms with Crippen molar-refractivity contribution in [2.75, 3.05) is 0 Å². The van der Waals surface area contributed by atoms with E-state index in [9.17, 15) is 9.90 Å². The second kappa shape index (κ2) is 4.21. The first-order chi connectivity index (χ1) is 9.10. The number of carbonyl (C=O) groups is 1. The lowest BCUT2D eigenvalue weighted by atomic mass is 10.0. The van der Waals surface area contributed by atoms with E-state index in [0.29, 0.717) is 17.7 Å². The van der Waals surface area contributed by atoms with E-state index >= 15 is 0 Å². The average Bonchev–Trinajstić information content (AvgIpc) is 2.62. The molecule has 1 atom stereocenters. The third kappa shape index (κ3) is 1.83. The summed E-state index contributed by atoms with van der Waals surface area (Å²) in [5.41, 5.74) is 1.02. The van der Waals surface area contributed by atoms with Crippen molar-refractivity contribution in [1.29, 1.82) is 0 Å². The second-order valence-corrected chi connectivity index (χ2v) is 4.94. The normalized spacial score (nSPS) is 21.6. The van der Waals surface area contributed by atoms with Crippen LogP contribution in [0.4, 0.5) is 0 Å². The minimum Gasteiger partial charge on any atom is -0.367 e. The molecule has 3 nitrogen and oxygen atoms in total. The number of fused-ring (bicyclic) bond motifs is 1. The molecule has 1 heterocycles. The van der Waals surface area contributed by atoms with Gasteiger partial charge in [0.25, 0.3) is 5.91 Å². The smallest absolute Gasteiger partial charge is 0.257 e. The number of benzene rings is 2. The van der Waals surface area contributed by atoms with Crippen LogP contribution in [0.25, 0.3) is 0 Å². The summed E-state index contributed by atoms with van der Waals surface area (Å²) in [6.45, 7) is 2.07. The molecule has 0 fully saturated rings. The summed E-state index contributed by atoms with van der Waals surface area (Å²) >= 11 is 0. The van der Waals surface area contributed by atoms with Gasteiger partial charge in [-0.2, -0.15) is 0 Å². The van der Waals surface area contributed by atoms with Crippen molar-refractivity contribution in [3.8, 4) is 0 Å². The Labute approximate surface area is 112 Å². The SMILES string of the molecule is C[C@@]1(O)c2ccccc2C(=O)N1Cc1ccccc1. The minimum atomic E-state index is -1.25. The van der Waals surface area contributed by atoms with E-state index in [1.807, 2.05) is 42.5 Å². The molecule has 19 heavy (non-hydrogen) atoms. The van der Waals surface area contributed by atoms with Gasteiger partial charge in [0.15, 0.2) is 5.72 Å². The molecule has 0 aromatic heterocycles. The monoisotopic (exact) mass is 253 g/mol. The summed E-state index contributed by atoms with van der Waals surface area (Å²) in [6.07, 6.45) is 0. The van der Waals surface area contributed by atoms with Crippen LogP contribution in [0, 0.1) is 0 Å². The van der Waals surface area contributed by atoms with Crippen LogP contribution in [-0.4, -0.2) is 15.9 Å². The van der Waals surface area contributed by atoms with Crippen molar-refractivity contribution in [2.24, 2.45) is 0 Å². The fraction of sp³-hybridized carbons (Fsp3) is 0.188. The van der Waals surface area contributed by atoms with E-state index in [1.54, 1.807) is 19.1 Å². The van der Waals surface area contributed by atoms with Gasteiger partial charge in [-0.25, -0.2) is 0 Å². The molecule has 2 aromatic carbocycles. The Bertz CT molecular complexity index is 620. The van der Waals surface area contributed by atoms with Crippen molar-refractivity contribution >= 4 is 5.91 Å². The number of hydrogen-bond donors (Lipinski definition) is 1. The van der Waals surface area contributed by atoms with Crippen LogP contribution in [0.1, 0.15) is 28.4 Å². The highest BCUT2D eigenvalue weighted by Gasteiger charge is 2.44. The molecular weight excluding hydrogens is 238 g/mol. The summed E-state index contributed by atoms with van der Waals surface area (Å²) in [5, 5.41) is 10.6. The van der Waals surface area contributed by atoms with Crippen LogP contribution in [0.3, 0.4) is 0 Å². The first-order valence-electron chi connectivity index (χ1n) is 6.28. The van der Waals surface area contributed by atoms with Gasteiger partial charge in [0.2, 0.25) is 0 Å². The first kappa shape index (κ1) is 11.9.